The van der Waals surface area contributed by atoms with Crippen molar-refractivity contribution in [2.24, 2.45) is 0 Å². The Kier molecular flexibility index (Phi) is 5.53. The highest BCUT2D eigenvalue weighted by molar-refractivity contribution is 7.88. The van der Waals surface area contributed by atoms with Crippen molar-refractivity contribution >= 4 is 21.6 Å². The van der Waals surface area contributed by atoms with Crippen LogP contribution in [0.1, 0.15) is 37.7 Å². The molecule has 2 fully saturated rings. The lowest BCUT2D eigenvalue weighted by Gasteiger charge is -2.26. The van der Waals surface area contributed by atoms with E-state index < -0.39 is 16.1 Å². The Hall–Kier alpha value is -1.44. The molecule has 0 radical (unpaired) electrons. The molecule has 1 N–H and O–H groups in total. The molecule has 3 rings (SSSR count). The highest BCUT2D eigenvalue weighted by Crippen LogP contribution is 2.20. The molecule has 6 nitrogen and oxygen atoms in total. The Balaban J connectivity index is 1.65. The number of benzene rings is 1. The molecule has 2 aliphatic heterocycles. The van der Waals surface area contributed by atoms with Gasteiger partial charge in [0.1, 0.15) is 6.10 Å². The van der Waals surface area contributed by atoms with Crippen LogP contribution in [0.5, 0.6) is 0 Å². The summed E-state index contributed by atoms with van der Waals surface area (Å²) in [5.74, 6) is -0.195. The van der Waals surface area contributed by atoms with Gasteiger partial charge in [0.25, 0.3) is 5.91 Å². The van der Waals surface area contributed by atoms with Gasteiger partial charge in [0, 0.05) is 25.4 Å². The van der Waals surface area contributed by atoms with Gasteiger partial charge in [0.05, 0.1) is 5.75 Å². The predicted molar refractivity (Wildman–Crippen MR) is 92.1 cm³/mol. The fraction of sp³-hybridized carbons (Fsp3) is 0.588. The Labute approximate surface area is 143 Å². The number of rotatable bonds is 5. The van der Waals surface area contributed by atoms with E-state index in [9.17, 15) is 13.2 Å². The van der Waals surface area contributed by atoms with Gasteiger partial charge >= 0.3 is 0 Å². The molecule has 0 saturated carbocycles. The van der Waals surface area contributed by atoms with E-state index in [0.29, 0.717) is 30.9 Å². The molecule has 132 valence electrons. The van der Waals surface area contributed by atoms with E-state index in [1.165, 1.54) is 0 Å². The summed E-state index contributed by atoms with van der Waals surface area (Å²) in [6, 6.07) is 7.05. The highest BCUT2D eigenvalue weighted by atomic mass is 32.2. The maximum atomic E-state index is 12.5. The molecule has 24 heavy (non-hydrogen) atoms. The number of amides is 1. The minimum absolute atomic E-state index is 0.0311. The number of carbonyl (C=O) groups excluding carboxylic acids is 1. The first-order chi connectivity index (χ1) is 11.5. The van der Waals surface area contributed by atoms with Gasteiger partial charge in [0.2, 0.25) is 10.0 Å². The number of nitrogens with one attached hydrogen (secondary N) is 1. The number of ether oxygens (including phenoxy) is 1. The van der Waals surface area contributed by atoms with Crippen molar-refractivity contribution in [2.75, 3.05) is 25.0 Å². The SMILES string of the molecule is O=C(Nc1cccc(CS(=O)(=O)N2CCCCC2)c1)[C@@H]1CCCO1. The minimum atomic E-state index is -3.30. The molecule has 0 spiro atoms. The lowest BCUT2D eigenvalue weighted by molar-refractivity contribution is -0.124. The zero-order chi connectivity index (χ0) is 17.0. The smallest absolute Gasteiger partial charge is 0.253 e. The van der Waals surface area contributed by atoms with Crippen LogP contribution in [0.2, 0.25) is 0 Å². The molecule has 7 heteroatoms. The molecule has 1 amide bonds. The zero-order valence-corrected chi connectivity index (χ0v) is 14.6. The molecule has 0 aliphatic carbocycles. The van der Waals surface area contributed by atoms with E-state index >= 15 is 0 Å². The summed E-state index contributed by atoms with van der Waals surface area (Å²) in [5.41, 5.74) is 1.30. The Morgan fingerprint density at radius 1 is 1.21 bits per heavy atom. The lowest BCUT2D eigenvalue weighted by Crippen LogP contribution is -2.36. The van der Waals surface area contributed by atoms with Crippen molar-refractivity contribution in [1.29, 1.82) is 0 Å². The second-order valence-corrected chi connectivity index (χ2v) is 8.38. The van der Waals surface area contributed by atoms with E-state index in [-0.39, 0.29) is 11.7 Å². The van der Waals surface area contributed by atoms with Crippen LogP contribution < -0.4 is 5.32 Å². The van der Waals surface area contributed by atoms with Crippen LogP contribution >= 0.6 is 0 Å². The number of piperidine rings is 1. The third kappa shape index (κ3) is 4.34. The lowest BCUT2D eigenvalue weighted by atomic mass is 10.2. The van der Waals surface area contributed by atoms with Gasteiger partial charge in [-0.05, 0) is 43.4 Å². The molecular formula is C17H24N2O4S. The van der Waals surface area contributed by atoms with Crippen molar-refractivity contribution in [3.8, 4) is 0 Å². The first-order valence-corrected chi connectivity index (χ1v) is 10.1. The number of nitrogens with zero attached hydrogens (tertiary/aromatic N) is 1. The maximum Gasteiger partial charge on any atom is 0.253 e. The van der Waals surface area contributed by atoms with Crippen LogP contribution in [-0.4, -0.2) is 44.4 Å². The third-order valence-corrected chi connectivity index (χ3v) is 6.32. The summed E-state index contributed by atoms with van der Waals surface area (Å²) in [4.78, 5) is 12.1. The van der Waals surface area contributed by atoms with Gasteiger partial charge in [0.15, 0.2) is 0 Å². The Morgan fingerprint density at radius 3 is 2.71 bits per heavy atom. The van der Waals surface area contributed by atoms with E-state index in [1.54, 1.807) is 28.6 Å². The maximum absolute atomic E-state index is 12.5. The van der Waals surface area contributed by atoms with Gasteiger partial charge in [-0.15, -0.1) is 0 Å². The first-order valence-electron chi connectivity index (χ1n) is 8.54. The number of carbonyl (C=O) groups is 1. The van der Waals surface area contributed by atoms with Gasteiger partial charge in [-0.1, -0.05) is 18.6 Å². The molecule has 2 aliphatic rings. The van der Waals surface area contributed by atoms with Crippen LogP contribution in [0.3, 0.4) is 0 Å². The van der Waals surface area contributed by atoms with E-state index in [0.717, 1.165) is 32.1 Å². The largest absolute Gasteiger partial charge is 0.368 e. The molecule has 2 saturated heterocycles. The van der Waals surface area contributed by atoms with Crippen molar-refractivity contribution in [3.63, 3.8) is 0 Å². The van der Waals surface area contributed by atoms with Crippen molar-refractivity contribution in [2.45, 2.75) is 44.0 Å². The fourth-order valence-corrected chi connectivity index (χ4v) is 4.79. The van der Waals surface area contributed by atoms with Gasteiger partial charge < -0.3 is 10.1 Å². The van der Waals surface area contributed by atoms with Crippen LogP contribution in [0.15, 0.2) is 24.3 Å². The molecule has 0 bridgehead atoms. The van der Waals surface area contributed by atoms with Gasteiger partial charge in [-0.2, -0.15) is 0 Å². The van der Waals surface area contributed by atoms with Crippen LogP contribution in [-0.2, 0) is 25.3 Å². The Morgan fingerprint density at radius 2 is 2.00 bits per heavy atom. The number of sulfonamides is 1. The zero-order valence-electron chi connectivity index (χ0n) is 13.7. The molecule has 0 aromatic heterocycles. The third-order valence-electron chi connectivity index (χ3n) is 4.47. The number of anilines is 1. The monoisotopic (exact) mass is 352 g/mol. The topological polar surface area (TPSA) is 75.7 Å². The molecule has 1 aromatic rings. The van der Waals surface area contributed by atoms with E-state index in [1.807, 2.05) is 0 Å². The van der Waals surface area contributed by atoms with Crippen LogP contribution in [0.25, 0.3) is 0 Å². The summed E-state index contributed by atoms with van der Waals surface area (Å²) >= 11 is 0. The van der Waals surface area contributed by atoms with Crippen molar-refractivity contribution in [1.82, 2.24) is 4.31 Å². The number of hydrogen-bond donors (Lipinski definition) is 1. The van der Waals surface area contributed by atoms with E-state index in [2.05, 4.69) is 5.32 Å². The average molecular weight is 352 g/mol. The molecule has 1 atom stereocenters. The molecular weight excluding hydrogens is 328 g/mol. The van der Waals surface area contributed by atoms with Crippen LogP contribution in [0.4, 0.5) is 5.69 Å². The van der Waals surface area contributed by atoms with E-state index in [4.69, 9.17) is 4.74 Å². The normalized spacial score (nSPS) is 22.4. The fourth-order valence-electron chi connectivity index (χ4n) is 3.19. The summed E-state index contributed by atoms with van der Waals surface area (Å²) < 4.78 is 32.0. The summed E-state index contributed by atoms with van der Waals surface area (Å²) in [6.07, 6.45) is 4.18. The quantitative estimate of drug-likeness (QED) is 0.881. The minimum Gasteiger partial charge on any atom is -0.368 e. The summed E-state index contributed by atoms with van der Waals surface area (Å²) in [7, 11) is -3.30. The Bertz CT molecular complexity index is 678. The number of hydrogen-bond acceptors (Lipinski definition) is 4. The van der Waals surface area contributed by atoms with Gasteiger partial charge in [-0.3, -0.25) is 4.79 Å². The second-order valence-electron chi connectivity index (χ2n) is 6.41. The predicted octanol–water partition coefficient (Wildman–Crippen LogP) is 2.12. The van der Waals surface area contributed by atoms with Crippen molar-refractivity contribution in [3.05, 3.63) is 29.8 Å². The molecule has 2 heterocycles. The standard InChI is InChI=1S/C17H24N2O4S/c20-17(16-8-5-11-23-16)18-15-7-4-6-14(12-15)13-24(21,22)19-9-2-1-3-10-19/h4,6-7,12,16H,1-3,5,8-11,13H2,(H,18,20)/t16-/m0/s1. The average Bonchev–Trinajstić information content (AvgIpc) is 3.10. The van der Waals surface area contributed by atoms with Crippen molar-refractivity contribution < 1.29 is 17.9 Å². The molecule has 0 unspecified atom stereocenters. The second kappa shape index (κ2) is 7.63. The van der Waals surface area contributed by atoms with Gasteiger partial charge in [-0.25, -0.2) is 12.7 Å². The summed E-state index contributed by atoms with van der Waals surface area (Å²) in [5, 5.41) is 2.82. The van der Waals surface area contributed by atoms with Crippen LogP contribution in [0, 0.1) is 0 Å². The summed E-state index contributed by atoms with van der Waals surface area (Å²) in [6.45, 7) is 1.84. The molecule has 1 aromatic carbocycles. The first kappa shape index (κ1) is 17.4. The highest BCUT2D eigenvalue weighted by Gasteiger charge is 2.25.